The predicted molar refractivity (Wildman–Crippen MR) is 65.8 cm³/mol. The Morgan fingerprint density at radius 3 is 2.31 bits per heavy atom. The molecule has 66 valence electrons. The molecule has 0 radical (unpaired) electrons. The summed E-state index contributed by atoms with van der Waals surface area (Å²) in [6.45, 7) is 0. The normalized spacial score (nSPS) is 10.3. The Morgan fingerprint density at radius 1 is 0.846 bits per heavy atom. The Kier molecular flexibility index (Phi) is 2.49. The maximum absolute atomic E-state index is 2.64. The van der Waals surface area contributed by atoms with Gasteiger partial charge in [-0.05, 0) is 30.2 Å². The highest BCUT2D eigenvalue weighted by Crippen LogP contribution is 2.30. The Morgan fingerprint density at radius 2 is 1.54 bits per heavy atom. The average Bonchev–Trinajstić information content (AvgIpc) is 2.17. The lowest BCUT2D eigenvalue weighted by Gasteiger charge is -2.14. The SMILES string of the molecule is PN(P)c1cccc2ccccc12. The molecule has 0 N–H and O–H groups in total. The second-order valence-corrected chi connectivity index (χ2v) is 4.61. The van der Waals surface area contributed by atoms with Gasteiger partial charge in [0.05, 0.1) is 5.69 Å². The van der Waals surface area contributed by atoms with Gasteiger partial charge in [-0.25, -0.2) is 0 Å². The fourth-order valence-corrected chi connectivity index (χ4v) is 1.88. The van der Waals surface area contributed by atoms with E-state index in [0.29, 0.717) is 0 Å². The standard InChI is InChI=1S/C10H11NP2/c12-11(13)10-7-3-5-8-4-1-2-6-9(8)10/h1-7H,12-13H2. The van der Waals surface area contributed by atoms with Gasteiger partial charge in [0.1, 0.15) is 0 Å². The molecule has 0 amide bonds. The average molecular weight is 207 g/mol. The second-order valence-electron chi connectivity index (χ2n) is 2.91. The molecule has 0 spiro atoms. The molecule has 3 heteroatoms. The maximum Gasteiger partial charge on any atom is 0.0502 e. The third kappa shape index (κ3) is 1.68. The monoisotopic (exact) mass is 207 g/mol. The van der Waals surface area contributed by atoms with Crippen LogP contribution in [0.1, 0.15) is 0 Å². The van der Waals surface area contributed by atoms with Gasteiger partial charge in [-0.2, -0.15) is 0 Å². The Hall–Kier alpha value is -0.640. The van der Waals surface area contributed by atoms with Gasteiger partial charge in [-0.15, -0.1) is 0 Å². The lowest BCUT2D eigenvalue weighted by molar-refractivity contribution is 1.66. The van der Waals surface area contributed by atoms with Gasteiger partial charge in [0.2, 0.25) is 0 Å². The highest BCUT2D eigenvalue weighted by Gasteiger charge is 2.00. The molecule has 2 aromatic carbocycles. The summed E-state index contributed by atoms with van der Waals surface area (Å²) in [6, 6.07) is 14.7. The molecule has 0 aliphatic carbocycles. The summed E-state index contributed by atoms with van der Waals surface area (Å²) >= 11 is 0. The minimum Gasteiger partial charge on any atom is -0.340 e. The summed E-state index contributed by atoms with van der Waals surface area (Å²) in [4.78, 5) is 0. The minimum atomic E-state index is 1.20. The van der Waals surface area contributed by atoms with Crippen LogP contribution in [0.3, 0.4) is 0 Å². The molecule has 2 aromatic rings. The van der Waals surface area contributed by atoms with E-state index in [1.54, 1.807) is 0 Å². The van der Waals surface area contributed by atoms with Crippen LogP contribution in [0.25, 0.3) is 10.8 Å². The first kappa shape index (κ1) is 8.94. The molecule has 2 unspecified atom stereocenters. The second kappa shape index (κ2) is 3.62. The zero-order valence-corrected chi connectivity index (χ0v) is 9.45. The quantitative estimate of drug-likeness (QED) is 0.649. The zero-order valence-electron chi connectivity index (χ0n) is 7.14. The fraction of sp³-hybridized carbons (Fsp3) is 0. The van der Waals surface area contributed by atoms with E-state index in [2.05, 4.69) is 61.2 Å². The number of nitrogens with zero attached hydrogens (tertiary/aromatic N) is 1. The maximum atomic E-state index is 2.64. The molecule has 0 fully saturated rings. The highest BCUT2D eigenvalue weighted by molar-refractivity contribution is 7.39. The van der Waals surface area contributed by atoms with Crippen molar-refractivity contribution in [2.75, 3.05) is 4.44 Å². The molecule has 13 heavy (non-hydrogen) atoms. The summed E-state index contributed by atoms with van der Waals surface area (Å²) in [6.07, 6.45) is 0. The summed E-state index contributed by atoms with van der Waals surface area (Å²) in [5.74, 6) is 0. The summed E-state index contributed by atoms with van der Waals surface area (Å²) in [7, 11) is 5.28. The van der Waals surface area contributed by atoms with Gasteiger partial charge < -0.3 is 4.44 Å². The van der Waals surface area contributed by atoms with E-state index < -0.39 is 0 Å². The van der Waals surface area contributed by atoms with Gasteiger partial charge in [-0.1, -0.05) is 36.4 Å². The van der Waals surface area contributed by atoms with Crippen molar-refractivity contribution in [1.29, 1.82) is 0 Å². The van der Waals surface area contributed by atoms with Crippen molar-refractivity contribution in [3.63, 3.8) is 0 Å². The van der Waals surface area contributed by atoms with E-state index in [1.165, 1.54) is 16.5 Å². The summed E-state index contributed by atoms with van der Waals surface area (Å²) in [5.41, 5.74) is 1.20. The first-order valence-corrected chi connectivity index (χ1v) is 5.09. The van der Waals surface area contributed by atoms with E-state index >= 15 is 0 Å². The van der Waals surface area contributed by atoms with Crippen LogP contribution in [0.15, 0.2) is 42.5 Å². The molecule has 0 aliphatic rings. The van der Waals surface area contributed by atoms with Crippen molar-refractivity contribution in [2.24, 2.45) is 0 Å². The molecular formula is C10H11NP2. The van der Waals surface area contributed by atoms with E-state index in [0.717, 1.165) is 0 Å². The molecule has 2 rings (SSSR count). The number of hydrogen-bond acceptors (Lipinski definition) is 1. The topological polar surface area (TPSA) is 3.24 Å². The molecule has 0 heterocycles. The van der Waals surface area contributed by atoms with E-state index in [4.69, 9.17) is 0 Å². The molecule has 0 saturated carbocycles. The third-order valence-electron chi connectivity index (χ3n) is 2.04. The minimum absolute atomic E-state index is 1.20. The first-order chi connectivity index (χ1) is 6.29. The number of fused-ring (bicyclic) bond motifs is 1. The Labute approximate surface area is 82.6 Å². The van der Waals surface area contributed by atoms with Crippen molar-refractivity contribution in [3.8, 4) is 0 Å². The van der Waals surface area contributed by atoms with Crippen molar-refractivity contribution in [3.05, 3.63) is 42.5 Å². The molecule has 0 aromatic heterocycles. The van der Waals surface area contributed by atoms with Crippen LogP contribution >= 0.6 is 18.8 Å². The van der Waals surface area contributed by atoms with Gasteiger partial charge in [0.25, 0.3) is 0 Å². The third-order valence-corrected chi connectivity index (χ3v) is 2.60. The molecule has 0 aliphatic heterocycles. The van der Waals surface area contributed by atoms with Crippen LogP contribution in [0, 0.1) is 0 Å². The lowest BCUT2D eigenvalue weighted by atomic mass is 10.1. The van der Waals surface area contributed by atoms with Gasteiger partial charge in [0.15, 0.2) is 0 Å². The molecule has 0 saturated heterocycles. The highest BCUT2D eigenvalue weighted by atomic mass is 31.1. The van der Waals surface area contributed by atoms with Crippen molar-refractivity contribution < 1.29 is 0 Å². The van der Waals surface area contributed by atoms with Crippen molar-refractivity contribution in [1.82, 2.24) is 0 Å². The molecule has 1 nitrogen and oxygen atoms in total. The van der Waals surface area contributed by atoms with Crippen molar-refractivity contribution >= 4 is 35.2 Å². The first-order valence-electron chi connectivity index (χ1n) is 4.06. The summed E-state index contributed by atoms with van der Waals surface area (Å²) in [5, 5.41) is 2.55. The zero-order chi connectivity index (χ0) is 9.26. The van der Waals surface area contributed by atoms with Crippen LogP contribution in [-0.2, 0) is 0 Å². The predicted octanol–water partition coefficient (Wildman–Crippen LogP) is 3.23. The van der Waals surface area contributed by atoms with Crippen LogP contribution in [0.4, 0.5) is 5.69 Å². The molecular weight excluding hydrogens is 196 g/mol. The number of hydrogen-bond donors (Lipinski definition) is 0. The molecule has 2 atom stereocenters. The lowest BCUT2D eigenvalue weighted by Crippen LogP contribution is -1.90. The van der Waals surface area contributed by atoms with Crippen LogP contribution in [-0.4, -0.2) is 0 Å². The van der Waals surface area contributed by atoms with E-state index in [1.807, 2.05) is 4.44 Å². The van der Waals surface area contributed by atoms with E-state index in [9.17, 15) is 0 Å². The Balaban J connectivity index is 2.76. The largest absolute Gasteiger partial charge is 0.340 e. The van der Waals surface area contributed by atoms with E-state index in [-0.39, 0.29) is 0 Å². The number of rotatable bonds is 1. The number of benzene rings is 2. The molecule has 0 bridgehead atoms. The Bertz CT molecular complexity index is 421. The van der Waals surface area contributed by atoms with Crippen LogP contribution in [0.5, 0.6) is 0 Å². The van der Waals surface area contributed by atoms with Crippen LogP contribution in [0.2, 0.25) is 0 Å². The van der Waals surface area contributed by atoms with Crippen LogP contribution < -0.4 is 4.44 Å². The van der Waals surface area contributed by atoms with Gasteiger partial charge in [-0.3, -0.25) is 0 Å². The van der Waals surface area contributed by atoms with Crippen molar-refractivity contribution in [2.45, 2.75) is 0 Å². The van der Waals surface area contributed by atoms with Gasteiger partial charge in [0, 0.05) is 5.39 Å². The number of anilines is 1. The van der Waals surface area contributed by atoms with Gasteiger partial charge >= 0.3 is 0 Å². The summed E-state index contributed by atoms with van der Waals surface area (Å²) < 4.78 is 1.97. The fourth-order valence-electron chi connectivity index (χ4n) is 1.43. The smallest absolute Gasteiger partial charge is 0.0502 e.